The number of benzene rings is 2. The Labute approximate surface area is 127 Å². The highest BCUT2D eigenvalue weighted by Crippen LogP contribution is 2.13. The molecule has 0 aliphatic carbocycles. The first-order valence-corrected chi connectivity index (χ1v) is 6.94. The SMILES string of the molecule is CC(=Cc1ccccc1)c1n[nH][n+](-c2cccc(Cl)c2)n1. The number of tetrazole rings is 1. The van der Waals surface area contributed by atoms with Crippen LogP contribution in [0.25, 0.3) is 17.3 Å². The molecule has 0 unspecified atom stereocenters. The van der Waals surface area contributed by atoms with Gasteiger partial charge in [0.05, 0.1) is 5.10 Å². The third-order valence-electron chi connectivity index (χ3n) is 3.03. The first-order chi connectivity index (χ1) is 10.2. The van der Waals surface area contributed by atoms with Crippen LogP contribution in [0, 0.1) is 0 Å². The fourth-order valence-electron chi connectivity index (χ4n) is 1.99. The van der Waals surface area contributed by atoms with E-state index in [2.05, 4.69) is 15.4 Å². The number of aromatic amines is 1. The Morgan fingerprint density at radius 2 is 1.95 bits per heavy atom. The predicted octanol–water partition coefficient (Wildman–Crippen LogP) is 3.30. The molecule has 0 fully saturated rings. The fraction of sp³-hybridized carbons (Fsp3) is 0.0625. The molecule has 1 aromatic heterocycles. The molecule has 0 spiro atoms. The van der Waals surface area contributed by atoms with Crippen LogP contribution in [0.1, 0.15) is 18.3 Å². The number of nitrogens with one attached hydrogen (secondary N) is 1. The Balaban J connectivity index is 1.90. The first kappa shape index (κ1) is 13.5. The van der Waals surface area contributed by atoms with Gasteiger partial charge in [0, 0.05) is 16.7 Å². The number of hydrogen-bond acceptors (Lipinski definition) is 2. The van der Waals surface area contributed by atoms with Crippen molar-refractivity contribution in [1.82, 2.24) is 15.4 Å². The van der Waals surface area contributed by atoms with Crippen molar-refractivity contribution in [2.45, 2.75) is 6.92 Å². The summed E-state index contributed by atoms with van der Waals surface area (Å²) >= 11 is 5.98. The normalized spacial score (nSPS) is 11.6. The molecule has 3 aromatic rings. The Morgan fingerprint density at radius 3 is 2.71 bits per heavy atom. The number of hydrogen-bond donors (Lipinski definition) is 1. The van der Waals surface area contributed by atoms with Crippen molar-refractivity contribution in [3.05, 3.63) is 71.0 Å². The molecule has 0 saturated carbocycles. The van der Waals surface area contributed by atoms with Crippen molar-refractivity contribution in [1.29, 1.82) is 0 Å². The highest BCUT2D eigenvalue weighted by Gasteiger charge is 2.15. The molecule has 3 rings (SSSR count). The van der Waals surface area contributed by atoms with Crippen molar-refractivity contribution < 1.29 is 4.80 Å². The summed E-state index contributed by atoms with van der Waals surface area (Å²) in [5.74, 6) is 0.652. The number of H-pyrrole nitrogens is 1. The lowest BCUT2D eigenvalue weighted by Gasteiger charge is -1.93. The average molecular weight is 298 g/mol. The van der Waals surface area contributed by atoms with Crippen LogP contribution in [-0.4, -0.2) is 15.4 Å². The second-order valence-electron chi connectivity index (χ2n) is 4.67. The van der Waals surface area contributed by atoms with Crippen LogP contribution in [-0.2, 0) is 0 Å². The summed E-state index contributed by atoms with van der Waals surface area (Å²) in [5.41, 5.74) is 2.95. The minimum absolute atomic E-state index is 0.652. The van der Waals surface area contributed by atoms with Gasteiger partial charge >= 0.3 is 5.82 Å². The standard InChI is InChI=1S/C16H13ClN4/c1-12(10-13-6-3-2-4-7-13)16-18-20-21(19-16)15-9-5-8-14(17)11-15/h2-11H,1H3/p+1. The smallest absolute Gasteiger partial charge is 0.0842 e. The molecule has 104 valence electrons. The molecule has 2 aromatic carbocycles. The Bertz CT molecular complexity index is 778. The maximum absolute atomic E-state index is 5.98. The monoisotopic (exact) mass is 297 g/mol. The summed E-state index contributed by atoms with van der Waals surface area (Å²) in [6, 6.07) is 17.5. The predicted molar refractivity (Wildman–Crippen MR) is 82.9 cm³/mol. The molecule has 0 saturated heterocycles. The third-order valence-corrected chi connectivity index (χ3v) is 3.27. The van der Waals surface area contributed by atoms with E-state index in [1.165, 1.54) is 0 Å². The molecule has 0 aliphatic heterocycles. The second-order valence-corrected chi connectivity index (χ2v) is 5.10. The van der Waals surface area contributed by atoms with Crippen molar-refractivity contribution in [2.24, 2.45) is 0 Å². The van der Waals surface area contributed by atoms with E-state index < -0.39 is 0 Å². The van der Waals surface area contributed by atoms with E-state index in [0.717, 1.165) is 16.8 Å². The van der Waals surface area contributed by atoms with Gasteiger partial charge in [-0.05, 0) is 45.8 Å². The number of allylic oxidation sites excluding steroid dienone is 1. The van der Waals surface area contributed by atoms with Gasteiger partial charge in [0.2, 0.25) is 0 Å². The van der Waals surface area contributed by atoms with Crippen molar-refractivity contribution in [3.63, 3.8) is 0 Å². The average Bonchev–Trinajstić information content (AvgIpc) is 2.98. The minimum Gasteiger partial charge on any atom is -0.0842 e. The molecule has 4 nitrogen and oxygen atoms in total. The second kappa shape index (κ2) is 5.89. The van der Waals surface area contributed by atoms with Crippen molar-refractivity contribution in [2.75, 3.05) is 0 Å². The van der Waals surface area contributed by atoms with E-state index in [1.54, 1.807) is 4.80 Å². The zero-order chi connectivity index (χ0) is 14.7. The van der Waals surface area contributed by atoms with E-state index in [4.69, 9.17) is 11.6 Å². The van der Waals surface area contributed by atoms with Crippen LogP contribution < -0.4 is 4.80 Å². The van der Waals surface area contributed by atoms with Gasteiger partial charge in [0.25, 0.3) is 0 Å². The quantitative estimate of drug-likeness (QED) is 0.754. The molecule has 1 N–H and O–H groups in total. The maximum Gasteiger partial charge on any atom is 0.335 e. The van der Waals surface area contributed by atoms with Gasteiger partial charge in [0.15, 0.2) is 5.69 Å². The van der Waals surface area contributed by atoms with Gasteiger partial charge in [-0.25, -0.2) is 0 Å². The summed E-state index contributed by atoms with van der Waals surface area (Å²) in [5, 5.41) is 12.2. The highest BCUT2D eigenvalue weighted by atomic mass is 35.5. The Hall–Kier alpha value is -2.46. The lowest BCUT2D eigenvalue weighted by atomic mass is 10.1. The minimum atomic E-state index is 0.652. The largest absolute Gasteiger partial charge is 0.335 e. The van der Waals surface area contributed by atoms with Gasteiger partial charge in [-0.3, -0.25) is 0 Å². The highest BCUT2D eigenvalue weighted by molar-refractivity contribution is 6.30. The van der Waals surface area contributed by atoms with Gasteiger partial charge in [-0.1, -0.05) is 48.0 Å². The van der Waals surface area contributed by atoms with Gasteiger partial charge in [-0.2, -0.15) is 0 Å². The molecule has 0 radical (unpaired) electrons. The lowest BCUT2D eigenvalue weighted by Crippen LogP contribution is -2.36. The summed E-state index contributed by atoms with van der Waals surface area (Å²) in [6.07, 6.45) is 2.05. The van der Waals surface area contributed by atoms with Crippen LogP contribution in [0.3, 0.4) is 0 Å². The zero-order valence-corrected chi connectivity index (χ0v) is 12.2. The fourth-order valence-corrected chi connectivity index (χ4v) is 2.17. The van der Waals surface area contributed by atoms with Crippen LogP contribution >= 0.6 is 11.6 Å². The summed E-state index contributed by atoms with van der Waals surface area (Å²) in [4.78, 5) is 1.60. The number of halogens is 1. The first-order valence-electron chi connectivity index (χ1n) is 6.57. The molecule has 21 heavy (non-hydrogen) atoms. The zero-order valence-electron chi connectivity index (χ0n) is 11.5. The molecule has 0 amide bonds. The van der Waals surface area contributed by atoms with Crippen molar-refractivity contribution >= 4 is 23.3 Å². The molecule has 0 bridgehead atoms. The van der Waals surface area contributed by atoms with E-state index in [0.29, 0.717) is 10.8 Å². The lowest BCUT2D eigenvalue weighted by molar-refractivity contribution is -0.717. The van der Waals surface area contributed by atoms with Crippen molar-refractivity contribution in [3.8, 4) is 5.69 Å². The van der Waals surface area contributed by atoms with Gasteiger partial charge in [0.1, 0.15) is 0 Å². The molecule has 1 heterocycles. The summed E-state index contributed by atoms with van der Waals surface area (Å²) in [6.45, 7) is 1.98. The van der Waals surface area contributed by atoms with Gasteiger partial charge < -0.3 is 0 Å². The van der Waals surface area contributed by atoms with E-state index in [9.17, 15) is 0 Å². The van der Waals surface area contributed by atoms with Crippen LogP contribution in [0.4, 0.5) is 0 Å². The molecule has 0 atom stereocenters. The maximum atomic E-state index is 5.98. The molecular formula is C16H14ClN4+. The van der Waals surface area contributed by atoms with Gasteiger partial charge in [-0.15, -0.1) is 0 Å². The van der Waals surface area contributed by atoms with Crippen LogP contribution in [0.5, 0.6) is 0 Å². The number of aromatic nitrogens is 4. The number of nitrogens with zero attached hydrogens (tertiary/aromatic N) is 3. The molecule has 5 heteroatoms. The molecule has 0 aliphatic rings. The van der Waals surface area contributed by atoms with E-state index >= 15 is 0 Å². The molecular weight excluding hydrogens is 284 g/mol. The van der Waals surface area contributed by atoms with Crippen LogP contribution in [0.15, 0.2) is 54.6 Å². The third kappa shape index (κ3) is 3.17. The topological polar surface area (TPSA) is 45.5 Å². The Morgan fingerprint density at radius 1 is 1.14 bits per heavy atom. The van der Waals surface area contributed by atoms with Crippen LogP contribution in [0.2, 0.25) is 5.02 Å². The summed E-state index contributed by atoms with van der Waals surface area (Å²) < 4.78 is 0. The van der Waals surface area contributed by atoms with E-state index in [-0.39, 0.29) is 0 Å². The van der Waals surface area contributed by atoms with E-state index in [1.807, 2.05) is 67.6 Å². The number of rotatable bonds is 3. The summed E-state index contributed by atoms with van der Waals surface area (Å²) in [7, 11) is 0. The Kier molecular flexibility index (Phi) is 3.79.